The zero-order valence-corrected chi connectivity index (χ0v) is 21.8. The Bertz CT molecular complexity index is 895. The number of nitrogens with zero attached hydrogens (tertiary/aromatic N) is 1. The standard InChI is InChI=1S/C25H39BN2O6/c1-23(2,3)32-22(30)27-19-10-9-13-28(16-19)21(29)15-17-14-18(11-12-20(17)31-8)26-33-24(4,5)25(6,7)34-26/h11-12,14,19H,9-10,13,15-16H2,1-8H3,(H,27,30). The van der Waals surface area contributed by atoms with Gasteiger partial charge in [0.2, 0.25) is 5.91 Å². The fourth-order valence-electron chi connectivity index (χ4n) is 4.13. The molecule has 0 spiro atoms. The maximum atomic E-state index is 13.2. The quantitative estimate of drug-likeness (QED) is 0.661. The fraction of sp³-hybridized carbons (Fsp3) is 0.680. The van der Waals surface area contributed by atoms with Gasteiger partial charge in [-0.15, -0.1) is 0 Å². The van der Waals surface area contributed by atoms with Gasteiger partial charge in [-0.3, -0.25) is 4.79 Å². The predicted molar refractivity (Wildman–Crippen MR) is 131 cm³/mol. The van der Waals surface area contributed by atoms with Crippen molar-refractivity contribution in [2.45, 2.75) is 90.6 Å². The average Bonchev–Trinajstić information content (AvgIpc) is 2.93. The van der Waals surface area contributed by atoms with Gasteiger partial charge in [0.25, 0.3) is 0 Å². The molecule has 2 aliphatic heterocycles. The van der Waals surface area contributed by atoms with E-state index in [4.69, 9.17) is 18.8 Å². The summed E-state index contributed by atoms with van der Waals surface area (Å²) in [6.07, 6.45) is 1.36. The number of likely N-dealkylation sites (tertiary alicyclic amines) is 1. The molecular formula is C25H39BN2O6. The molecule has 2 fully saturated rings. The summed E-state index contributed by atoms with van der Waals surface area (Å²) in [5, 5.41) is 2.90. The van der Waals surface area contributed by atoms with E-state index in [9.17, 15) is 9.59 Å². The van der Waals surface area contributed by atoms with Crippen LogP contribution < -0.4 is 15.5 Å². The molecule has 0 aromatic heterocycles. The van der Waals surface area contributed by atoms with E-state index < -0.39 is 30.0 Å². The number of hydrogen-bond donors (Lipinski definition) is 1. The molecule has 1 N–H and O–H groups in total. The molecule has 0 bridgehead atoms. The molecule has 0 radical (unpaired) electrons. The second-order valence-electron chi connectivity index (χ2n) is 11.2. The second kappa shape index (κ2) is 9.78. The number of methoxy groups -OCH3 is 1. The number of benzene rings is 1. The molecule has 1 unspecified atom stereocenters. The molecule has 8 nitrogen and oxygen atoms in total. The van der Waals surface area contributed by atoms with Crippen LogP contribution in [0.1, 0.15) is 66.9 Å². The minimum Gasteiger partial charge on any atom is -0.496 e. The van der Waals surface area contributed by atoms with Crippen LogP contribution in [-0.2, 0) is 25.3 Å². The summed E-state index contributed by atoms with van der Waals surface area (Å²) in [6.45, 7) is 14.6. The zero-order valence-electron chi connectivity index (χ0n) is 21.8. The molecule has 2 amide bonds. The number of piperidine rings is 1. The third kappa shape index (κ3) is 6.24. The molecule has 2 heterocycles. The van der Waals surface area contributed by atoms with E-state index in [1.54, 1.807) is 12.0 Å². The summed E-state index contributed by atoms with van der Waals surface area (Å²) in [5.74, 6) is 0.633. The Morgan fingerprint density at radius 3 is 2.41 bits per heavy atom. The molecule has 188 valence electrons. The van der Waals surface area contributed by atoms with Crippen molar-refractivity contribution in [3.63, 3.8) is 0 Å². The molecule has 1 aromatic carbocycles. The van der Waals surface area contributed by atoms with Crippen molar-refractivity contribution in [3.05, 3.63) is 23.8 Å². The van der Waals surface area contributed by atoms with Gasteiger partial charge in [0.1, 0.15) is 11.4 Å². The molecular weight excluding hydrogens is 435 g/mol. The van der Waals surface area contributed by atoms with Gasteiger partial charge < -0.3 is 29.0 Å². The minimum absolute atomic E-state index is 0.0138. The number of alkyl carbamates (subject to hydrolysis) is 1. The average molecular weight is 474 g/mol. The van der Waals surface area contributed by atoms with Gasteiger partial charge in [-0.1, -0.05) is 12.1 Å². The van der Waals surface area contributed by atoms with E-state index >= 15 is 0 Å². The van der Waals surface area contributed by atoms with Gasteiger partial charge in [-0.2, -0.15) is 0 Å². The minimum atomic E-state index is -0.562. The number of carbonyl (C=O) groups is 2. The Labute approximate surface area is 203 Å². The zero-order chi connectivity index (χ0) is 25.3. The lowest BCUT2D eigenvalue weighted by atomic mass is 9.78. The van der Waals surface area contributed by atoms with Crippen molar-refractivity contribution in [2.24, 2.45) is 0 Å². The molecule has 0 saturated carbocycles. The van der Waals surface area contributed by atoms with Gasteiger partial charge in [-0.25, -0.2) is 4.79 Å². The van der Waals surface area contributed by atoms with Gasteiger partial charge in [0, 0.05) is 24.7 Å². The van der Waals surface area contributed by atoms with Crippen LogP contribution in [0.4, 0.5) is 4.79 Å². The van der Waals surface area contributed by atoms with Crippen LogP contribution in [0.25, 0.3) is 0 Å². The first-order valence-electron chi connectivity index (χ1n) is 12.0. The number of carbonyl (C=O) groups excluding carboxylic acids is 2. The first kappa shape index (κ1) is 26.4. The molecule has 1 aromatic rings. The lowest BCUT2D eigenvalue weighted by molar-refractivity contribution is -0.131. The largest absolute Gasteiger partial charge is 0.496 e. The topological polar surface area (TPSA) is 86.3 Å². The monoisotopic (exact) mass is 474 g/mol. The highest BCUT2D eigenvalue weighted by Gasteiger charge is 2.51. The SMILES string of the molecule is COc1ccc(B2OC(C)(C)C(C)(C)O2)cc1CC(=O)N1CCCC(NC(=O)OC(C)(C)C)C1. The third-order valence-corrected chi connectivity index (χ3v) is 6.67. The lowest BCUT2D eigenvalue weighted by Gasteiger charge is -2.33. The van der Waals surface area contributed by atoms with Crippen LogP contribution in [0.15, 0.2) is 18.2 Å². The molecule has 9 heteroatoms. The van der Waals surface area contributed by atoms with E-state index in [-0.39, 0.29) is 18.4 Å². The van der Waals surface area contributed by atoms with Crippen molar-refractivity contribution >= 4 is 24.6 Å². The van der Waals surface area contributed by atoms with Gasteiger partial charge in [0.05, 0.1) is 24.7 Å². The number of ether oxygens (including phenoxy) is 2. The van der Waals surface area contributed by atoms with E-state index in [1.165, 1.54) is 0 Å². The fourth-order valence-corrected chi connectivity index (χ4v) is 4.13. The summed E-state index contributed by atoms with van der Waals surface area (Å²) in [4.78, 5) is 27.2. The van der Waals surface area contributed by atoms with Crippen molar-refractivity contribution in [1.29, 1.82) is 0 Å². The van der Waals surface area contributed by atoms with E-state index in [0.29, 0.717) is 18.8 Å². The highest BCUT2D eigenvalue weighted by molar-refractivity contribution is 6.62. The molecule has 2 aliphatic rings. The van der Waals surface area contributed by atoms with E-state index in [1.807, 2.05) is 66.7 Å². The Morgan fingerprint density at radius 2 is 1.82 bits per heavy atom. The number of amides is 2. The van der Waals surface area contributed by atoms with Crippen LogP contribution in [0.2, 0.25) is 0 Å². The molecule has 0 aliphatic carbocycles. The summed E-state index contributed by atoms with van der Waals surface area (Å²) in [7, 11) is 1.08. The summed E-state index contributed by atoms with van der Waals surface area (Å²) in [5.41, 5.74) is 0.175. The molecule has 3 rings (SSSR count). The number of nitrogens with one attached hydrogen (secondary N) is 1. The molecule has 2 saturated heterocycles. The summed E-state index contributed by atoms with van der Waals surface area (Å²) < 4.78 is 23.2. The first-order valence-corrected chi connectivity index (χ1v) is 12.0. The maximum absolute atomic E-state index is 13.2. The van der Waals surface area contributed by atoms with Gasteiger partial charge in [-0.05, 0) is 72.8 Å². The summed E-state index contributed by atoms with van der Waals surface area (Å²) in [6, 6.07) is 5.56. The van der Waals surface area contributed by atoms with E-state index in [0.717, 1.165) is 23.9 Å². The van der Waals surface area contributed by atoms with Crippen molar-refractivity contribution < 1.29 is 28.4 Å². The van der Waals surface area contributed by atoms with Crippen molar-refractivity contribution in [1.82, 2.24) is 10.2 Å². The highest BCUT2D eigenvalue weighted by Crippen LogP contribution is 2.36. The molecule has 1 atom stereocenters. The van der Waals surface area contributed by atoms with Crippen molar-refractivity contribution in [2.75, 3.05) is 20.2 Å². The Hall–Kier alpha value is -2.26. The third-order valence-electron chi connectivity index (χ3n) is 6.67. The number of rotatable bonds is 5. The first-order chi connectivity index (χ1) is 15.7. The summed E-state index contributed by atoms with van der Waals surface area (Å²) >= 11 is 0. The highest BCUT2D eigenvalue weighted by atomic mass is 16.7. The van der Waals surface area contributed by atoms with Crippen LogP contribution in [0.5, 0.6) is 5.75 Å². The normalized spacial score (nSPS) is 21.8. The van der Waals surface area contributed by atoms with Crippen molar-refractivity contribution in [3.8, 4) is 5.75 Å². The van der Waals surface area contributed by atoms with Crippen LogP contribution in [0, 0.1) is 0 Å². The van der Waals surface area contributed by atoms with Gasteiger partial charge in [0.15, 0.2) is 0 Å². The molecule has 34 heavy (non-hydrogen) atoms. The maximum Gasteiger partial charge on any atom is 0.494 e. The van der Waals surface area contributed by atoms with E-state index in [2.05, 4.69) is 5.32 Å². The smallest absolute Gasteiger partial charge is 0.494 e. The predicted octanol–water partition coefficient (Wildman–Crippen LogP) is 3.05. The van der Waals surface area contributed by atoms with Gasteiger partial charge >= 0.3 is 13.2 Å². The Kier molecular flexibility index (Phi) is 7.58. The van der Waals surface area contributed by atoms with Crippen LogP contribution in [0.3, 0.4) is 0 Å². The lowest BCUT2D eigenvalue weighted by Crippen LogP contribution is -2.50. The van der Waals surface area contributed by atoms with Crippen LogP contribution in [-0.4, -0.2) is 67.1 Å². The Balaban J connectivity index is 1.68. The number of hydrogen-bond acceptors (Lipinski definition) is 6. The van der Waals surface area contributed by atoms with Crippen LogP contribution >= 0.6 is 0 Å². The Morgan fingerprint density at radius 1 is 1.18 bits per heavy atom. The second-order valence-corrected chi connectivity index (χ2v) is 11.2.